The van der Waals surface area contributed by atoms with E-state index in [0.29, 0.717) is 11.6 Å². The standard InChI is InChI=1S/C17H21N3O/c1-2-20(12-14-8-5-10-18-14)17(21)15-9-3-6-13-7-4-11-19-16(13)15/h3-4,6-7,9,11,14,18H,2,5,8,10,12H2,1H3. The van der Waals surface area contributed by atoms with E-state index in [-0.39, 0.29) is 5.91 Å². The van der Waals surface area contributed by atoms with Crippen LogP contribution in [0, 0.1) is 0 Å². The number of nitrogens with zero attached hydrogens (tertiary/aromatic N) is 2. The lowest BCUT2D eigenvalue weighted by Crippen LogP contribution is -2.41. The maximum Gasteiger partial charge on any atom is 0.256 e. The molecule has 3 rings (SSSR count). The minimum atomic E-state index is 0.0792. The number of carbonyl (C=O) groups excluding carboxylic acids is 1. The topological polar surface area (TPSA) is 45.2 Å². The first-order chi connectivity index (χ1) is 10.3. The Hall–Kier alpha value is -1.94. The molecular weight excluding hydrogens is 262 g/mol. The number of aromatic nitrogens is 1. The first-order valence-corrected chi connectivity index (χ1v) is 7.66. The highest BCUT2D eigenvalue weighted by molar-refractivity contribution is 6.05. The zero-order chi connectivity index (χ0) is 14.7. The Labute approximate surface area is 125 Å². The summed E-state index contributed by atoms with van der Waals surface area (Å²) >= 11 is 0. The van der Waals surface area contributed by atoms with Crippen molar-refractivity contribution in [3.8, 4) is 0 Å². The van der Waals surface area contributed by atoms with Crippen LogP contribution < -0.4 is 5.32 Å². The zero-order valence-electron chi connectivity index (χ0n) is 12.4. The van der Waals surface area contributed by atoms with Crippen molar-refractivity contribution in [3.05, 3.63) is 42.1 Å². The van der Waals surface area contributed by atoms with Gasteiger partial charge in [0.05, 0.1) is 11.1 Å². The minimum absolute atomic E-state index is 0.0792. The molecule has 1 N–H and O–H groups in total. The molecule has 2 heterocycles. The van der Waals surface area contributed by atoms with E-state index in [1.165, 1.54) is 6.42 Å². The number of hydrogen-bond donors (Lipinski definition) is 1. The van der Waals surface area contributed by atoms with Crippen LogP contribution in [0.15, 0.2) is 36.5 Å². The maximum atomic E-state index is 12.8. The molecule has 2 aromatic rings. The monoisotopic (exact) mass is 283 g/mol. The van der Waals surface area contributed by atoms with E-state index >= 15 is 0 Å². The maximum absolute atomic E-state index is 12.8. The molecule has 1 atom stereocenters. The summed E-state index contributed by atoms with van der Waals surface area (Å²) < 4.78 is 0. The summed E-state index contributed by atoms with van der Waals surface area (Å²) in [6.45, 7) is 4.59. The minimum Gasteiger partial charge on any atom is -0.337 e. The second-order valence-electron chi connectivity index (χ2n) is 5.52. The summed E-state index contributed by atoms with van der Waals surface area (Å²) in [5, 5.41) is 4.47. The molecule has 1 saturated heterocycles. The van der Waals surface area contributed by atoms with Gasteiger partial charge in [0.2, 0.25) is 0 Å². The van der Waals surface area contributed by atoms with E-state index in [1.54, 1.807) is 6.20 Å². The van der Waals surface area contributed by atoms with Gasteiger partial charge >= 0.3 is 0 Å². The number of rotatable bonds is 4. The average molecular weight is 283 g/mol. The second-order valence-corrected chi connectivity index (χ2v) is 5.52. The molecule has 1 aromatic heterocycles. The van der Waals surface area contributed by atoms with Crippen LogP contribution in [0.3, 0.4) is 0 Å². The van der Waals surface area contributed by atoms with E-state index in [9.17, 15) is 4.79 Å². The van der Waals surface area contributed by atoms with Crippen molar-refractivity contribution < 1.29 is 4.79 Å². The average Bonchev–Trinajstić information content (AvgIpc) is 3.04. The van der Waals surface area contributed by atoms with Gasteiger partial charge in [0.1, 0.15) is 0 Å². The van der Waals surface area contributed by atoms with Crippen molar-refractivity contribution in [2.75, 3.05) is 19.6 Å². The highest BCUT2D eigenvalue weighted by Gasteiger charge is 2.22. The van der Waals surface area contributed by atoms with Crippen LogP contribution in [-0.2, 0) is 0 Å². The van der Waals surface area contributed by atoms with Crippen LogP contribution >= 0.6 is 0 Å². The van der Waals surface area contributed by atoms with Gasteiger partial charge in [0, 0.05) is 30.7 Å². The van der Waals surface area contributed by atoms with Crippen LogP contribution in [0.2, 0.25) is 0 Å². The molecule has 1 unspecified atom stereocenters. The molecule has 0 aliphatic carbocycles. The Morgan fingerprint density at radius 3 is 3.00 bits per heavy atom. The molecule has 110 valence electrons. The molecule has 21 heavy (non-hydrogen) atoms. The number of benzene rings is 1. The van der Waals surface area contributed by atoms with Crippen molar-refractivity contribution in [1.29, 1.82) is 0 Å². The van der Waals surface area contributed by atoms with Gasteiger partial charge in [-0.1, -0.05) is 18.2 Å². The molecular formula is C17H21N3O. The van der Waals surface area contributed by atoms with Crippen molar-refractivity contribution in [3.63, 3.8) is 0 Å². The van der Waals surface area contributed by atoms with E-state index in [0.717, 1.165) is 37.0 Å². The van der Waals surface area contributed by atoms with Gasteiger partial charge in [-0.15, -0.1) is 0 Å². The van der Waals surface area contributed by atoms with Gasteiger partial charge in [-0.3, -0.25) is 9.78 Å². The van der Waals surface area contributed by atoms with Gasteiger partial charge in [-0.25, -0.2) is 0 Å². The van der Waals surface area contributed by atoms with Crippen molar-refractivity contribution >= 4 is 16.8 Å². The Bertz CT molecular complexity index is 629. The molecule has 1 aromatic carbocycles. The van der Waals surface area contributed by atoms with Gasteiger partial charge in [0.25, 0.3) is 5.91 Å². The first-order valence-electron chi connectivity index (χ1n) is 7.66. The Balaban J connectivity index is 1.87. The molecule has 0 saturated carbocycles. The summed E-state index contributed by atoms with van der Waals surface area (Å²) in [4.78, 5) is 19.1. The number of para-hydroxylation sites is 1. The van der Waals surface area contributed by atoms with Crippen molar-refractivity contribution in [2.45, 2.75) is 25.8 Å². The second kappa shape index (κ2) is 6.22. The molecule has 0 spiro atoms. The van der Waals surface area contributed by atoms with Crippen LogP contribution in [0.25, 0.3) is 10.9 Å². The highest BCUT2D eigenvalue weighted by atomic mass is 16.2. The van der Waals surface area contributed by atoms with Gasteiger partial charge in [-0.05, 0) is 38.4 Å². The third-order valence-electron chi connectivity index (χ3n) is 4.14. The number of pyridine rings is 1. The predicted octanol–water partition coefficient (Wildman–Crippen LogP) is 2.45. The van der Waals surface area contributed by atoms with E-state index < -0.39 is 0 Å². The third kappa shape index (κ3) is 2.90. The molecule has 4 heteroatoms. The van der Waals surface area contributed by atoms with Crippen LogP contribution in [0.5, 0.6) is 0 Å². The molecule has 0 bridgehead atoms. The number of nitrogens with one attached hydrogen (secondary N) is 1. The SMILES string of the molecule is CCN(CC1CCCN1)C(=O)c1cccc2cccnc12. The van der Waals surface area contributed by atoms with Gasteiger partial charge < -0.3 is 10.2 Å². The Morgan fingerprint density at radius 1 is 1.38 bits per heavy atom. The van der Waals surface area contributed by atoms with E-state index in [2.05, 4.69) is 10.3 Å². The smallest absolute Gasteiger partial charge is 0.256 e. The number of likely N-dealkylation sites (N-methyl/N-ethyl adjacent to an activating group) is 1. The predicted molar refractivity (Wildman–Crippen MR) is 84.3 cm³/mol. The molecule has 0 radical (unpaired) electrons. The summed E-state index contributed by atoms with van der Waals surface area (Å²) in [6, 6.07) is 10.1. The van der Waals surface area contributed by atoms with Crippen LogP contribution in [0.4, 0.5) is 0 Å². The fourth-order valence-corrected chi connectivity index (χ4v) is 2.98. The zero-order valence-corrected chi connectivity index (χ0v) is 12.4. The van der Waals surface area contributed by atoms with E-state index in [4.69, 9.17) is 0 Å². The fourth-order valence-electron chi connectivity index (χ4n) is 2.98. The quantitative estimate of drug-likeness (QED) is 0.937. The third-order valence-corrected chi connectivity index (χ3v) is 4.14. The highest BCUT2D eigenvalue weighted by Crippen LogP contribution is 2.18. The van der Waals surface area contributed by atoms with Gasteiger partial charge in [0.15, 0.2) is 0 Å². The molecule has 1 fully saturated rings. The lowest BCUT2D eigenvalue weighted by Gasteiger charge is -2.25. The molecule has 1 aliphatic rings. The first kappa shape index (κ1) is 14.0. The largest absolute Gasteiger partial charge is 0.337 e. The van der Waals surface area contributed by atoms with Gasteiger partial charge in [-0.2, -0.15) is 0 Å². The molecule has 1 amide bonds. The summed E-state index contributed by atoms with van der Waals surface area (Å²) in [5.74, 6) is 0.0792. The normalized spacial score (nSPS) is 18.0. The van der Waals surface area contributed by atoms with Crippen LogP contribution in [-0.4, -0.2) is 41.5 Å². The number of amides is 1. The Morgan fingerprint density at radius 2 is 2.24 bits per heavy atom. The summed E-state index contributed by atoms with van der Waals surface area (Å²) in [6.07, 6.45) is 4.09. The number of carbonyl (C=O) groups is 1. The van der Waals surface area contributed by atoms with Crippen molar-refractivity contribution in [1.82, 2.24) is 15.2 Å². The molecule has 4 nitrogen and oxygen atoms in total. The Kier molecular flexibility index (Phi) is 4.15. The fraction of sp³-hybridized carbons (Fsp3) is 0.412. The lowest BCUT2D eigenvalue weighted by molar-refractivity contribution is 0.0753. The van der Waals surface area contributed by atoms with Crippen molar-refractivity contribution in [2.24, 2.45) is 0 Å². The lowest BCUT2D eigenvalue weighted by atomic mass is 10.1. The number of hydrogen-bond acceptors (Lipinski definition) is 3. The van der Waals surface area contributed by atoms with E-state index in [1.807, 2.05) is 42.2 Å². The molecule has 1 aliphatic heterocycles. The van der Waals surface area contributed by atoms with Crippen LogP contribution in [0.1, 0.15) is 30.1 Å². The summed E-state index contributed by atoms with van der Waals surface area (Å²) in [5.41, 5.74) is 1.50. The summed E-state index contributed by atoms with van der Waals surface area (Å²) in [7, 11) is 0. The number of fused-ring (bicyclic) bond motifs is 1.